The first-order valence-corrected chi connectivity index (χ1v) is 8.95. The van der Waals surface area contributed by atoms with Gasteiger partial charge in [0.1, 0.15) is 6.04 Å². The van der Waals surface area contributed by atoms with Crippen LogP contribution in [0, 0.1) is 17.8 Å². The predicted octanol–water partition coefficient (Wildman–Crippen LogP) is 2.24. The number of rotatable bonds is 4. The van der Waals surface area contributed by atoms with E-state index in [9.17, 15) is 14.7 Å². The number of nitrogens with one attached hydrogen (secondary N) is 1. The van der Waals surface area contributed by atoms with Gasteiger partial charge < -0.3 is 15.3 Å². The summed E-state index contributed by atoms with van der Waals surface area (Å²) in [7, 11) is 0. The minimum absolute atomic E-state index is 0.0970. The van der Waals surface area contributed by atoms with Crippen molar-refractivity contribution in [2.24, 2.45) is 5.41 Å². The number of β-amino-alcohol motifs (C(OH)–C–C–N with tert-alkyl or cyclic N) is 1. The van der Waals surface area contributed by atoms with Crippen LogP contribution in [-0.4, -0.2) is 40.5 Å². The maximum atomic E-state index is 12.7. The number of aliphatic hydroxyl groups is 1. The minimum atomic E-state index is -0.667. The number of benzene rings is 1. The summed E-state index contributed by atoms with van der Waals surface area (Å²) in [5, 5.41) is 12.9. The zero-order chi connectivity index (χ0) is 19.5. The van der Waals surface area contributed by atoms with Gasteiger partial charge in [0.25, 0.3) is 0 Å². The molecule has 1 aromatic carbocycles. The smallest absolute Gasteiger partial charge is 0.243 e. The molecule has 0 aromatic heterocycles. The zero-order valence-electron chi connectivity index (χ0n) is 16.0. The lowest BCUT2D eigenvalue weighted by Crippen LogP contribution is -2.47. The molecule has 26 heavy (non-hydrogen) atoms. The van der Waals surface area contributed by atoms with Gasteiger partial charge in [0.05, 0.1) is 12.1 Å². The Bertz CT molecular complexity index is 697. The first-order valence-electron chi connectivity index (χ1n) is 8.95. The number of hydrogen-bond acceptors (Lipinski definition) is 3. The topological polar surface area (TPSA) is 69.6 Å². The Kier molecular flexibility index (Phi) is 6.09. The maximum Gasteiger partial charge on any atom is 0.243 e. The summed E-state index contributed by atoms with van der Waals surface area (Å²) in [6.07, 6.45) is 5.30. The molecule has 1 fully saturated rings. The molecule has 0 saturated carbocycles. The largest absolute Gasteiger partial charge is 0.391 e. The SMILES string of the molecule is C#Cc1ccc([C@H](C)NC(=O)[C@@H]2C[C@@H](O)CN2C(=O)CC(C)(C)C)cc1. The predicted molar refractivity (Wildman–Crippen MR) is 101 cm³/mol. The van der Waals surface area contributed by atoms with Crippen molar-refractivity contribution >= 4 is 11.8 Å². The van der Waals surface area contributed by atoms with Crippen molar-refractivity contribution in [2.75, 3.05) is 6.54 Å². The highest BCUT2D eigenvalue weighted by molar-refractivity contribution is 5.88. The highest BCUT2D eigenvalue weighted by Gasteiger charge is 2.39. The molecule has 1 aliphatic rings. The molecule has 0 bridgehead atoms. The first kappa shape index (κ1) is 20.0. The van der Waals surface area contributed by atoms with Crippen molar-refractivity contribution in [3.05, 3.63) is 35.4 Å². The molecule has 0 unspecified atom stereocenters. The van der Waals surface area contributed by atoms with Gasteiger partial charge in [-0.2, -0.15) is 0 Å². The molecule has 0 radical (unpaired) electrons. The van der Waals surface area contributed by atoms with E-state index >= 15 is 0 Å². The van der Waals surface area contributed by atoms with Crippen LogP contribution < -0.4 is 5.32 Å². The fraction of sp³-hybridized carbons (Fsp3) is 0.524. The Morgan fingerprint density at radius 2 is 1.96 bits per heavy atom. The number of hydrogen-bond donors (Lipinski definition) is 2. The molecule has 0 aliphatic carbocycles. The zero-order valence-corrected chi connectivity index (χ0v) is 16.0. The second kappa shape index (κ2) is 7.92. The van der Waals surface area contributed by atoms with Crippen molar-refractivity contribution < 1.29 is 14.7 Å². The monoisotopic (exact) mass is 356 g/mol. The van der Waals surface area contributed by atoms with Crippen LogP contribution in [0.25, 0.3) is 0 Å². The van der Waals surface area contributed by atoms with Gasteiger partial charge in [-0.1, -0.05) is 38.8 Å². The number of nitrogens with zero attached hydrogens (tertiary/aromatic N) is 1. The fourth-order valence-electron chi connectivity index (χ4n) is 3.15. The minimum Gasteiger partial charge on any atom is -0.391 e. The lowest BCUT2D eigenvalue weighted by Gasteiger charge is -2.28. The molecule has 1 aromatic rings. The molecule has 2 rings (SSSR count). The van der Waals surface area contributed by atoms with E-state index in [1.165, 1.54) is 4.90 Å². The summed E-state index contributed by atoms with van der Waals surface area (Å²) in [5.74, 6) is 2.23. The number of likely N-dealkylation sites (tertiary alicyclic amines) is 1. The molecule has 140 valence electrons. The summed E-state index contributed by atoms with van der Waals surface area (Å²) in [6, 6.07) is 6.57. The Morgan fingerprint density at radius 1 is 1.35 bits per heavy atom. The normalized spacial score (nSPS) is 21.2. The van der Waals surface area contributed by atoms with Crippen LogP contribution in [0.15, 0.2) is 24.3 Å². The molecule has 2 N–H and O–H groups in total. The van der Waals surface area contributed by atoms with E-state index in [1.807, 2.05) is 52.0 Å². The molecule has 3 atom stereocenters. The van der Waals surface area contributed by atoms with E-state index in [0.29, 0.717) is 6.42 Å². The second-order valence-electron chi connectivity index (χ2n) is 8.19. The van der Waals surface area contributed by atoms with Gasteiger partial charge in [0.2, 0.25) is 11.8 Å². The summed E-state index contributed by atoms with van der Waals surface area (Å²) in [5.41, 5.74) is 1.55. The van der Waals surface area contributed by atoms with Crippen molar-refractivity contribution in [3.8, 4) is 12.3 Å². The van der Waals surface area contributed by atoms with Gasteiger partial charge in [0.15, 0.2) is 0 Å². The first-order chi connectivity index (χ1) is 12.1. The number of aliphatic hydroxyl groups excluding tert-OH is 1. The van der Waals surface area contributed by atoms with Crippen molar-refractivity contribution in [1.29, 1.82) is 0 Å². The quantitative estimate of drug-likeness (QED) is 0.813. The highest BCUT2D eigenvalue weighted by Crippen LogP contribution is 2.25. The van der Waals surface area contributed by atoms with Crippen LogP contribution in [0.5, 0.6) is 0 Å². The maximum absolute atomic E-state index is 12.7. The number of terminal acetylenes is 1. The third kappa shape index (κ3) is 5.09. The van der Waals surface area contributed by atoms with E-state index in [-0.39, 0.29) is 36.2 Å². The van der Waals surface area contributed by atoms with Gasteiger partial charge in [-0.25, -0.2) is 0 Å². The summed E-state index contributed by atoms with van der Waals surface area (Å²) >= 11 is 0. The van der Waals surface area contributed by atoms with Gasteiger partial charge >= 0.3 is 0 Å². The summed E-state index contributed by atoms with van der Waals surface area (Å²) in [4.78, 5) is 26.8. The van der Waals surface area contributed by atoms with Gasteiger partial charge in [-0.3, -0.25) is 9.59 Å². The number of carbonyl (C=O) groups is 2. The molecular formula is C21H28N2O3. The summed E-state index contributed by atoms with van der Waals surface area (Å²) in [6.45, 7) is 8.03. The van der Waals surface area contributed by atoms with Crippen LogP contribution >= 0.6 is 0 Å². The standard InChI is InChI=1S/C21H28N2O3/c1-6-15-7-9-16(10-8-15)14(2)22-20(26)18-11-17(24)13-23(18)19(25)12-21(3,4)5/h1,7-10,14,17-18,24H,11-13H2,2-5H3,(H,22,26)/t14-,17+,18-/m0/s1. The van der Waals surface area contributed by atoms with Crippen LogP contribution in [0.1, 0.15) is 57.7 Å². The lowest BCUT2D eigenvalue weighted by molar-refractivity contribution is -0.140. The molecule has 1 saturated heterocycles. The Morgan fingerprint density at radius 3 is 2.50 bits per heavy atom. The van der Waals surface area contributed by atoms with E-state index in [4.69, 9.17) is 6.42 Å². The number of carbonyl (C=O) groups excluding carboxylic acids is 2. The highest BCUT2D eigenvalue weighted by atomic mass is 16.3. The molecule has 2 amide bonds. The number of amides is 2. The molecule has 1 aliphatic heterocycles. The average Bonchev–Trinajstić information content (AvgIpc) is 2.95. The van der Waals surface area contributed by atoms with Gasteiger partial charge in [0, 0.05) is 24.9 Å². The fourth-order valence-corrected chi connectivity index (χ4v) is 3.15. The van der Waals surface area contributed by atoms with Crippen LogP contribution in [0.3, 0.4) is 0 Å². The van der Waals surface area contributed by atoms with Gasteiger partial charge in [-0.15, -0.1) is 6.42 Å². The van der Waals surface area contributed by atoms with Crippen LogP contribution in [-0.2, 0) is 9.59 Å². The molecule has 1 heterocycles. The van der Waals surface area contributed by atoms with E-state index in [1.54, 1.807) is 0 Å². The summed E-state index contributed by atoms with van der Waals surface area (Å²) < 4.78 is 0. The molecular weight excluding hydrogens is 328 g/mol. The van der Waals surface area contributed by atoms with Crippen molar-refractivity contribution in [1.82, 2.24) is 10.2 Å². The average molecular weight is 356 g/mol. The molecule has 0 spiro atoms. The van der Waals surface area contributed by atoms with E-state index in [0.717, 1.165) is 11.1 Å². The van der Waals surface area contributed by atoms with E-state index in [2.05, 4.69) is 11.2 Å². The lowest BCUT2D eigenvalue weighted by atomic mass is 9.91. The second-order valence-corrected chi connectivity index (χ2v) is 8.19. The van der Waals surface area contributed by atoms with Gasteiger partial charge in [-0.05, 0) is 30.0 Å². The Labute approximate surface area is 155 Å². The van der Waals surface area contributed by atoms with Crippen molar-refractivity contribution in [2.45, 2.75) is 58.7 Å². The van der Waals surface area contributed by atoms with Crippen LogP contribution in [0.4, 0.5) is 0 Å². The third-order valence-corrected chi connectivity index (χ3v) is 4.52. The molecule has 5 nitrogen and oxygen atoms in total. The Hall–Kier alpha value is -2.32. The molecule has 5 heteroatoms. The van der Waals surface area contributed by atoms with Crippen LogP contribution in [0.2, 0.25) is 0 Å². The Balaban J connectivity index is 2.06. The van der Waals surface area contributed by atoms with Crippen molar-refractivity contribution in [3.63, 3.8) is 0 Å². The third-order valence-electron chi connectivity index (χ3n) is 4.52. The van der Waals surface area contributed by atoms with E-state index < -0.39 is 12.1 Å².